The molecule has 5 rings (SSSR count). The molecule has 180 valence electrons. The molecule has 2 fully saturated rings. The van der Waals surface area contributed by atoms with Crippen LogP contribution in [-0.2, 0) is 11.2 Å². The Hall–Kier alpha value is -1.31. The van der Waals surface area contributed by atoms with Crippen LogP contribution in [0, 0.1) is 5.92 Å². The fraction of sp³-hybridized carbons (Fsp3) is 0.522. The van der Waals surface area contributed by atoms with Crippen molar-refractivity contribution < 1.29 is 4.79 Å². The number of piperazine rings is 1. The molecule has 3 heterocycles. The van der Waals surface area contributed by atoms with Gasteiger partial charge in [0.1, 0.15) is 12.1 Å². The van der Waals surface area contributed by atoms with Crippen molar-refractivity contribution in [3.8, 4) is 0 Å². The smallest absolute Gasteiger partial charge is 0.227 e. The SMILES string of the molecule is CC1CCc2ncnc(N3CCN(C(=O)[C@@H]4CNC[C@H]4c4ccc(Cl)c(Cl)c4)CC3)c21.Cl.Cl. The monoisotopic (exact) mass is 531 g/mol. The molecule has 1 unspecified atom stereocenters. The van der Waals surface area contributed by atoms with Crippen molar-refractivity contribution in [1.82, 2.24) is 20.2 Å². The highest BCUT2D eigenvalue weighted by Gasteiger charge is 2.38. The molecule has 10 heteroatoms. The Morgan fingerprint density at radius 2 is 1.82 bits per heavy atom. The molecule has 2 saturated heterocycles. The number of carbonyl (C=O) groups is 1. The second-order valence-corrected chi connectivity index (χ2v) is 9.67. The third-order valence-corrected chi connectivity index (χ3v) is 7.79. The molecule has 2 aliphatic heterocycles. The van der Waals surface area contributed by atoms with E-state index in [0.29, 0.717) is 22.5 Å². The minimum atomic E-state index is -0.0767. The van der Waals surface area contributed by atoms with E-state index < -0.39 is 0 Å². The van der Waals surface area contributed by atoms with Gasteiger partial charge in [0.25, 0.3) is 0 Å². The van der Waals surface area contributed by atoms with Gasteiger partial charge in [-0.3, -0.25) is 4.79 Å². The number of carbonyl (C=O) groups excluding carboxylic acids is 1. The fourth-order valence-corrected chi connectivity index (χ4v) is 5.59. The lowest BCUT2D eigenvalue weighted by molar-refractivity contribution is -0.135. The number of rotatable bonds is 3. The van der Waals surface area contributed by atoms with E-state index in [1.807, 2.05) is 23.1 Å². The molecule has 33 heavy (non-hydrogen) atoms. The summed E-state index contributed by atoms with van der Waals surface area (Å²) in [6.45, 7) is 6.78. The van der Waals surface area contributed by atoms with Crippen molar-refractivity contribution in [2.24, 2.45) is 5.92 Å². The molecule has 1 N–H and O–H groups in total. The summed E-state index contributed by atoms with van der Waals surface area (Å²) in [6.07, 6.45) is 3.87. The lowest BCUT2D eigenvalue weighted by Gasteiger charge is -2.38. The van der Waals surface area contributed by atoms with Crippen LogP contribution in [-0.4, -0.2) is 60.0 Å². The van der Waals surface area contributed by atoms with Gasteiger partial charge >= 0.3 is 0 Å². The number of hydrogen-bond acceptors (Lipinski definition) is 5. The molecule has 0 bridgehead atoms. The maximum atomic E-state index is 13.4. The number of benzene rings is 1. The Kier molecular flexibility index (Phi) is 8.73. The molecule has 1 aromatic heterocycles. The van der Waals surface area contributed by atoms with Gasteiger partial charge in [-0.15, -0.1) is 24.8 Å². The number of hydrogen-bond donors (Lipinski definition) is 1. The van der Waals surface area contributed by atoms with E-state index in [0.717, 1.165) is 56.9 Å². The summed E-state index contributed by atoms with van der Waals surface area (Å²) in [4.78, 5) is 26.8. The van der Waals surface area contributed by atoms with Gasteiger partial charge in [0.05, 0.1) is 16.0 Å². The van der Waals surface area contributed by atoms with E-state index in [4.69, 9.17) is 23.2 Å². The van der Waals surface area contributed by atoms with Gasteiger partial charge < -0.3 is 15.1 Å². The van der Waals surface area contributed by atoms with Gasteiger partial charge in [-0.25, -0.2) is 9.97 Å². The van der Waals surface area contributed by atoms with Crippen molar-refractivity contribution in [3.05, 3.63) is 51.4 Å². The first kappa shape index (κ1) is 26.3. The Balaban J connectivity index is 0.00000153. The molecular weight excluding hydrogens is 504 g/mol. The highest BCUT2D eigenvalue weighted by Crippen LogP contribution is 2.38. The van der Waals surface area contributed by atoms with E-state index >= 15 is 0 Å². The molecule has 0 spiro atoms. The van der Waals surface area contributed by atoms with Gasteiger partial charge in [0, 0.05) is 56.4 Å². The van der Waals surface area contributed by atoms with Gasteiger partial charge in [0.2, 0.25) is 5.91 Å². The quantitative estimate of drug-likeness (QED) is 0.637. The van der Waals surface area contributed by atoms with Gasteiger partial charge in [-0.2, -0.15) is 0 Å². The molecule has 2 aromatic rings. The van der Waals surface area contributed by atoms with Crippen LogP contribution in [0.3, 0.4) is 0 Å². The maximum absolute atomic E-state index is 13.4. The first-order valence-electron chi connectivity index (χ1n) is 11.1. The fourth-order valence-electron chi connectivity index (χ4n) is 5.28. The van der Waals surface area contributed by atoms with Gasteiger partial charge in [0.15, 0.2) is 0 Å². The first-order valence-corrected chi connectivity index (χ1v) is 11.8. The highest BCUT2D eigenvalue weighted by molar-refractivity contribution is 6.42. The van der Waals surface area contributed by atoms with Crippen LogP contribution in [0.25, 0.3) is 0 Å². The van der Waals surface area contributed by atoms with Crippen molar-refractivity contribution in [2.75, 3.05) is 44.2 Å². The number of nitrogens with one attached hydrogen (secondary N) is 1. The van der Waals surface area contributed by atoms with E-state index in [2.05, 4.69) is 27.1 Å². The van der Waals surface area contributed by atoms with Crippen molar-refractivity contribution >= 4 is 59.7 Å². The number of anilines is 1. The van der Waals surface area contributed by atoms with Crippen molar-refractivity contribution in [3.63, 3.8) is 0 Å². The van der Waals surface area contributed by atoms with Crippen LogP contribution in [0.1, 0.15) is 42.0 Å². The normalized spacial score (nSPS) is 24.2. The van der Waals surface area contributed by atoms with Crippen LogP contribution in [0.5, 0.6) is 0 Å². The Bertz CT molecular complexity index is 999. The molecule has 1 aromatic carbocycles. The van der Waals surface area contributed by atoms with E-state index in [-0.39, 0.29) is 42.6 Å². The van der Waals surface area contributed by atoms with Crippen molar-refractivity contribution in [1.29, 1.82) is 0 Å². The predicted molar refractivity (Wildman–Crippen MR) is 138 cm³/mol. The maximum Gasteiger partial charge on any atom is 0.227 e. The summed E-state index contributed by atoms with van der Waals surface area (Å²) in [5.74, 6) is 1.83. The van der Waals surface area contributed by atoms with Crippen LogP contribution >= 0.6 is 48.0 Å². The van der Waals surface area contributed by atoms with E-state index in [9.17, 15) is 4.79 Å². The summed E-state index contributed by atoms with van der Waals surface area (Å²) in [7, 11) is 0. The molecule has 1 aliphatic carbocycles. The second-order valence-electron chi connectivity index (χ2n) is 8.85. The Labute approximate surface area is 217 Å². The Morgan fingerprint density at radius 1 is 1.06 bits per heavy atom. The largest absolute Gasteiger partial charge is 0.353 e. The number of fused-ring (bicyclic) bond motifs is 1. The third kappa shape index (κ3) is 5.06. The average Bonchev–Trinajstić information content (AvgIpc) is 3.43. The summed E-state index contributed by atoms with van der Waals surface area (Å²) in [5, 5.41) is 4.47. The summed E-state index contributed by atoms with van der Waals surface area (Å²) in [5.41, 5.74) is 3.57. The van der Waals surface area contributed by atoms with Crippen LogP contribution in [0.2, 0.25) is 10.0 Å². The van der Waals surface area contributed by atoms with E-state index in [1.165, 1.54) is 11.3 Å². The molecule has 6 nitrogen and oxygen atoms in total. The summed E-state index contributed by atoms with van der Waals surface area (Å²) >= 11 is 12.3. The lowest BCUT2D eigenvalue weighted by Crippen LogP contribution is -2.51. The zero-order valence-corrected chi connectivity index (χ0v) is 21.6. The van der Waals surface area contributed by atoms with Crippen molar-refractivity contribution in [2.45, 2.75) is 31.6 Å². The van der Waals surface area contributed by atoms with Crippen LogP contribution < -0.4 is 10.2 Å². The number of aromatic nitrogens is 2. The number of amides is 1. The minimum Gasteiger partial charge on any atom is -0.353 e. The van der Waals surface area contributed by atoms with E-state index in [1.54, 1.807) is 6.33 Å². The molecule has 1 amide bonds. The molecule has 0 radical (unpaired) electrons. The molecular formula is C23H29Cl4N5O. The number of halogens is 4. The lowest BCUT2D eigenvalue weighted by atomic mass is 9.88. The average molecular weight is 533 g/mol. The number of nitrogens with zero attached hydrogens (tertiary/aromatic N) is 4. The zero-order chi connectivity index (χ0) is 21.5. The van der Waals surface area contributed by atoms with Crippen LogP contribution in [0.4, 0.5) is 5.82 Å². The molecule has 3 atom stereocenters. The summed E-state index contributed by atoms with van der Waals surface area (Å²) < 4.78 is 0. The second kappa shape index (κ2) is 11.0. The summed E-state index contributed by atoms with van der Waals surface area (Å²) in [6, 6.07) is 5.70. The highest BCUT2D eigenvalue weighted by atomic mass is 35.5. The topological polar surface area (TPSA) is 61.4 Å². The zero-order valence-electron chi connectivity index (χ0n) is 18.5. The third-order valence-electron chi connectivity index (χ3n) is 7.05. The Morgan fingerprint density at radius 3 is 2.55 bits per heavy atom. The first-order chi connectivity index (χ1) is 15.0. The van der Waals surface area contributed by atoms with Gasteiger partial charge in [-0.1, -0.05) is 36.2 Å². The predicted octanol–water partition coefficient (Wildman–Crippen LogP) is 4.33. The molecule has 0 saturated carbocycles. The molecule has 3 aliphatic rings. The number of aryl methyl sites for hydroxylation is 1. The standard InChI is InChI=1S/C23H27Cl2N5O.2ClH/c1-14-2-5-20-21(14)22(28-13-27-20)29-6-8-30(9-7-29)23(31)17-12-26-11-16(17)15-3-4-18(24)19(25)10-15;;/h3-4,10,13-14,16-17,26H,2,5-9,11-12H2,1H3;2*1H/t14?,16-,17+;;/m0../s1. The minimum absolute atomic E-state index is 0. The van der Waals surface area contributed by atoms with Crippen LogP contribution in [0.15, 0.2) is 24.5 Å². The van der Waals surface area contributed by atoms with Gasteiger partial charge in [-0.05, 0) is 36.5 Å².